The summed E-state index contributed by atoms with van der Waals surface area (Å²) >= 11 is 11.0. The van der Waals surface area contributed by atoms with Gasteiger partial charge in [-0.15, -0.1) is 0 Å². The molecule has 0 amide bonds. The van der Waals surface area contributed by atoms with E-state index in [1.165, 1.54) is 24.3 Å². The van der Waals surface area contributed by atoms with Crippen LogP contribution in [0.2, 0.25) is 5.02 Å². The first kappa shape index (κ1) is 14.7. The smallest absolute Gasteiger partial charge is 0.175 e. The quantitative estimate of drug-likeness (QED) is 0.784. The largest absolute Gasteiger partial charge is 0.332 e. The van der Waals surface area contributed by atoms with Crippen molar-refractivity contribution in [3.8, 4) is 0 Å². The van der Waals surface area contributed by atoms with Crippen LogP contribution >= 0.6 is 23.8 Å². The molecule has 0 aliphatic carbocycles. The molecule has 2 aromatic carbocycles. The second-order valence-electron chi connectivity index (χ2n) is 4.17. The molecule has 0 radical (unpaired) electrons. The summed E-state index contributed by atoms with van der Waals surface area (Å²) in [5.41, 5.74) is 1.65. The minimum atomic E-state index is -0.423. The number of rotatable bonds is 2. The summed E-state index contributed by atoms with van der Waals surface area (Å²) < 4.78 is 26.1. The fourth-order valence-corrected chi connectivity index (χ4v) is 2.04. The highest BCUT2D eigenvalue weighted by Gasteiger charge is 2.05. The summed E-state index contributed by atoms with van der Waals surface area (Å²) in [4.78, 5) is 0. The molecule has 0 saturated heterocycles. The van der Waals surface area contributed by atoms with E-state index in [1.807, 2.05) is 0 Å². The zero-order valence-corrected chi connectivity index (χ0v) is 12.1. The van der Waals surface area contributed by atoms with Gasteiger partial charge in [-0.3, -0.25) is 0 Å². The van der Waals surface area contributed by atoms with E-state index in [-0.39, 0.29) is 16.0 Å². The van der Waals surface area contributed by atoms with Crippen molar-refractivity contribution < 1.29 is 8.78 Å². The van der Waals surface area contributed by atoms with Gasteiger partial charge in [0.05, 0.1) is 10.7 Å². The van der Waals surface area contributed by atoms with Gasteiger partial charge in [-0.2, -0.15) is 0 Å². The van der Waals surface area contributed by atoms with Crippen LogP contribution < -0.4 is 10.6 Å². The standard InChI is InChI=1S/C14H11ClF2N2S/c1-8-6-10(3-4-12(8)17)18-14(20)19-13-5-2-9(16)7-11(13)15/h2-7H,1H3,(H2,18,19,20). The molecule has 0 unspecified atom stereocenters. The monoisotopic (exact) mass is 312 g/mol. The molecule has 0 saturated carbocycles. The van der Waals surface area contributed by atoms with Crippen molar-refractivity contribution in [2.45, 2.75) is 6.92 Å². The third-order valence-electron chi connectivity index (χ3n) is 2.60. The van der Waals surface area contributed by atoms with E-state index in [0.29, 0.717) is 16.9 Å². The first-order valence-corrected chi connectivity index (χ1v) is 6.53. The lowest BCUT2D eigenvalue weighted by Gasteiger charge is -2.12. The number of halogens is 3. The van der Waals surface area contributed by atoms with Crippen LogP contribution in [-0.2, 0) is 0 Å². The van der Waals surface area contributed by atoms with E-state index in [2.05, 4.69) is 10.6 Å². The molecule has 0 aliphatic rings. The Morgan fingerprint density at radius 3 is 2.50 bits per heavy atom. The van der Waals surface area contributed by atoms with Crippen LogP contribution in [0, 0.1) is 18.6 Å². The minimum Gasteiger partial charge on any atom is -0.332 e. The second kappa shape index (κ2) is 6.15. The summed E-state index contributed by atoms with van der Waals surface area (Å²) in [5, 5.41) is 6.26. The van der Waals surface area contributed by atoms with Gasteiger partial charge in [0, 0.05) is 5.69 Å². The normalized spacial score (nSPS) is 10.2. The van der Waals surface area contributed by atoms with Gasteiger partial charge >= 0.3 is 0 Å². The van der Waals surface area contributed by atoms with Crippen LogP contribution in [-0.4, -0.2) is 5.11 Å². The molecule has 20 heavy (non-hydrogen) atoms. The van der Waals surface area contributed by atoms with Crippen molar-refractivity contribution in [2.75, 3.05) is 10.6 Å². The Bertz CT molecular complexity index is 662. The van der Waals surface area contributed by atoms with E-state index in [0.717, 1.165) is 0 Å². The van der Waals surface area contributed by atoms with Crippen LogP contribution in [0.15, 0.2) is 36.4 Å². The molecule has 0 aliphatic heterocycles. The number of thiocarbonyl (C=S) groups is 1. The van der Waals surface area contributed by atoms with Crippen molar-refractivity contribution >= 4 is 40.3 Å². The van der Waals surface area contributed by atoms with Gasteiger partial charge < -0.3 is 10.6 Å². The van der Waals surface area contributed by atoms with Crippen LogP contribution in [0.5, 0.6) is 0 Å². The van der Waals surface area contributed by atoms with E-state index in [4.69, 9.17) is 23.8 Å². The number of aryl methyl sites for hydroxylation is 1. The molecule has 2 rings (SSSR count). The Morgan fingerprint density at radius 2 is 1.85 bits per heavy atom. The molecule has 0 bridgehead atoms. The molecule has 2 nitrogen and oxygen atoms in total. The first-order chi connectivity index (χ1) is 9.45. The highest BCUT2D eigenvalue weighted by Crippen LogP contribution is 2.22. The number of benzene rings is 2. The summed E-state index contributed by atoms with van der Waals surface area (Å²) in [6.07, 6.45) is 0. The first-order valence-electron chi connectivity index (χ1n) is 5.75. The zero-order valence-electron chi connectivity index (χ0n) is 10.5. The number of anilines is 2. The van der Waals surface area contributed by atoms with Gasteiger partial charge in [-0.05, 0) is 61.1 Å². The lowest BCUT2D eigenvalue weighted by molar-refractivity contribution is 0.619. The Kier molecular flexibility index (Phi) is 4.52. The van der Waals surface area contributed by atoms with Crippen LogP contribution in [0.25, 0.3) is 0 Å². The lowest BCUT2D eigenvalue weighted by atomic mass is 10.2. The van der Waals surface area contributed by atoms with Gasteiger partial charge in [0.15, 0.2) is 5.11 Å². The van der Waals surface area contributed by atoms with E-state index < -0.39 is 5.82 Å². The summed E-state index contributed by atoms with van der Waals surface area (Å²) in [6, 6.07) is 8.51. The molecule has 2 aromatic rings. The molecule has 0 fully saturated rings. The molecular weight excluding hydrogens is 302 g/mol. The maximum Gasteiger partial charge on any atom is 0.175 e. The Balaban J connectivity index is 2.07. The Morgan fingerprint density at radius 1 is 1.10 bits per heavy atom. The fraction of sp³-hybridized carbons (Fsp3) is 0.0714. The third kappa shape index (κ3) is 3.65. The van der Waals surface area contributed by atoms with Crippen molar-refractivity contribution in [3.05, 3.63) is 58.6 Å². The predicted octanol–water partition coefficient (Wildman–Crippen LogP) is 4.74. The molecule has 104 valence electrons. The highest BCUT2D eigenvalue weighted by atomic mass is 35.5. The third-order valence-corrected chi connectivity index (χ3v) is 3.11. The summed E-state index contributed by atoms with van der Waals surface area (Å²) in [5.74, 6) is -0.704. The van der Waals surface area contributed by atoms with Gasteiger partial charge in [0.25, 0.3) is 0 Å². The molecule has 2 N–H and O–H groups in total. The SMILES string of the molecule is Cc1cc(NC(=S)Nc2ccc(F)cc2Cl)ccc1F. The fourth-order valence-electron chi connectivity index (χ4n) is 1.60. The molecule has 0 aromatic heterocycles. The second-order valence-corrected chi connectivity index (χ2v) is 4.98. The van der Waals surface area contributed by atoms with Crippen LogP contribution in [0.3, 0.4) is 0 Å². The van der Waals surface area contributed by atoms with Gasteiger partial charge in [-0.1, -0.05) is 11.6 Å². The van der Waals surface area contributed by atoms with Gasteiger partial charge in [-0.25, -0.2) is 8.78 Å². The Labute approximate surface area is 125 Å². The number of nitrogens with one attached hydrogen (secondary N) is 2. The van der Waals surface area contributed by atoms with Gasteiger partial charge in [0.2, 0.25) is 0 Å². The zero-order chi connectivity index (χ0) is 14.7. The minimum absolute atomic E-state index is 0.226. The summed E-state index contributed by atoms with van der Waals surface area (Å²) in [6.45, 7) is 1.66. The Hall–Kier alpha value is -1.72. The lowest BCUT2D eigenvalue weighted by Crippen LogP contribution is -2.19. The van der Waals surface area contributed by atoms with Crippen molar-refractivity contribution in [1.29, 1.82) is 0 Å². The average Bonchev–Trinajstić information content (AvgIpc) is 2.37. The maximum absolute atomic E-state index is 13.1. The van der Waals surface area contributed by atoms with Gasteiger partial charge in [0.1, 0.15) is 11.6 Å². The topological polar surface area (TPSA) is 24.1 Å². The average molecular weight is 313 g/mol. The predicted molar refractivity (Wildman–Crippen MR) is 82.4 cm³/mol. The number of hydrogen-bond acceptors (Lipinski definition) is 1. The van der Waals surface area contributed by atoms with Crippen molar-refractivity contribution in [2.24, 2.45) is 0 Å². The highest BCUT2D eigenvalue weighted by molar-refractivity contribution is 7.80. The molecule has 0 spiro atoms. The van der Waals surface area contributed by atoms with E-state index >= 15 is 0 Å². The summed E-state index contributed by atoms with van der Waals surface area (Å²) in [7, 11) is 0. The molecular formula is C14H11ClF2N2S. The van der Waals surface area contributed by atoms with E-state index in [1.54, 1.807) is 19.1 Å². The van der Waals surface area contributed by atoms with Crippen LogP contribution in [0.1, 0.15) is 5.56 Å². The molecule has 0 heterocycles. The molecule has 0 atom stereocenters. The van der Waals surface area contributed by atoms with Crippen molar-refractivity contribution in [1.82, 2.24) is 0 Å². The maximum atomic E-state index is 13.1. The van der Waals surface area contributed by atoms with Crippen LogP contribution in [0.4, 0.5) is 20.2 Å². The van der Waals surface area contributed by atoms with E-state index in [9.17, 15) is 8.78 Å². The van der Waals surface area contributed by atoms with Crippen molar-refractivity contribution in [3.63, 3.8) is 0 Å². The number of hydrogen-bond donors (Lipinski definition) is 2. The molecule has 6 heteroatoms.